The molecule has 22 heavy (non-hydrogen) atoms. The lowest BCUT2D eigenvalue weighted by Crippen LogP contribution is -2.35. The van der Waals surface area contributed by atoms with Crippen molar-refractivity contribution in [2.24, 2.45) is 0 Å². The maximum atomic E-state index is 12.1. The Hall–Kier alpha value is -1.56. The zero-order chi connectivity index (χ0) is 16.5. The summed E-state index contributed by atoms with van der Waals surface area (Å²) in [4.78, 5) is 13.9. The predicted molar refractivity (Wildman–Crippen MR) is 84.0 cm³/mol. The number of rotatable bonds is 3. The van der Waals surface area contributed by atoms with E-state index in [2.05, 4.69) is 5.10 Å². The Bertz CT molecular complexity index is 546. The molecule has 2 rings (SSSR count). The molecule has 0 aliphatic carbocycles. The summed E-state index contributed by atoms with van der Waals surface area (Å²) in [6, 6.07) is 0.179. The van der Waals surface area contributed by atoms with E-state index in [1.807, 2.05) is 39.3 Å². The first kappa shape index (κ1) is 16.8. The highest BCUT2D eigenvalue weighted by Crippen LogP contribution is 2.26. The molecule has 0 saturated carbocycles. The summed E-state index contributed by atoms with van der Waals surface area (Å²) >= 11 is 0. The van der Waals surface area contributed by atoms with Crippen LogP contribution in [0.25, 0.3) is 0 Å². The minimum atomic E-state index is -0.471. The van der Waals surface area contributed by atoms with E-state index in [0.29, 0.717) is 19.5 Å². The Kier molecular flexibility index (Phi) is 4.80. The lowest BCUT2D eigenvalue weighted by Gasteiger charge is -2.24. The van der Waals surface area contributed by atoms with Crippen molar-refractivity contribution in [3.05, 3.63) is 17.0 Å². The first-order valence-electron chi connectivity index (χ1n) is 7.86. The molecule has 0 spiro atoms. The van der Waals surface area contributed by atoms with Gasteiger partial charge in [-0.25, -0.2) is 4.79 Å². The van der Waals surface area contributed by atoms with Gasteiger partial charge < -0.3 is 14.7 Å². The second-order valence-electron chi connectivity index (χ2n) is 6.94. The topological polar surface area (TPSA) is 67.6 Å². The van der Waals surface area contributed by atoms with Crippen molar-refractivity contribution in [3.63, 3.8) is 0 Å². The second-order valence-corrected chi connectivity index (χ2v) is 6.94. The normalized spacial score (nSPS) is 18.8. The summed E-state index contributed by atoms with van der Waals surface area (Å²) in [5, 5.41) is 13.8. The molecule has 0 bridgehead atoms. The SMILES string of the molecule is Cc1nn(C2CCN(C(=O)OC(C)(C)C)C2)c(C)c1CCO. The van der Waals surface area contributed by atoms with Gasteiger partial charge in [-0.05, 0) is 53.0 Å². The number of aromatic nitrogens is 2. The number of likely N-dealkylation sites (tertiary alicyclic amines) is 1. The van der Waals surface area contributed by atoms with Crippen LogP contribution in [0.3, 0.4) is 0 Å². The van der Waals surface area contributed by atoms with E-state index in [4.69, 9.17) is 9.84 Å². The second kappa shape index (κ2) is 6.28. The highest BCUT2D eigenvalue weighted by Gasteiger charge is 2.32. The summed E-state index contributed by atoms with van der Waals surface area (Å²) in [6.45, 7) is 11.1. The molecule has 1 N–H and O–H groups in total. The number of aryl methyl sites for hydroxylation is 1. The highest BCUT2D eigenvalue weighted by atomic mass is 16.6. The molecular weight excluding hydrogens is 282 g/mol. The number of carbonyl (C=O) groups excluding carboxylic acids is 1. The van der Waals surface area contributed by atoms with Crippen LogP contribution in [0.15, 0.2) is 0 Å². The summed E-state index contributed by atoms with van der Waals surface area (Å²) in [7, 11) is 0. The molecule has 6 heteroatoms. The van der Waals surface area contributed by atoms with Gasteiger partial charge in [-0.3, -0.25) is 4.68 Å². The molecule has 124 valence electrons. The number of ether oxygens (including phenoxy) is 1. The Balaban J connectivity index is 2.07. The zero-order valence-corrected chi connectivity index (χ0v) is 14.2. The third kappa shape index (κ3) is 3.61. The number of amides is 1. The van der Waals surface area contributed by atoms with Crippen LogP contribution in [0.2, 0.25) is 0 Å². The standard InChI is InChI=1S/C16H27N3O3/c1-11-14(7-9-20)12(2)19(17-11)13-6-8-18(10-13)15(21)22-16(3,4)5/h13,20H,6-10H2,1-5H3. The van der Waals surface area contributed by atoms with Gasteiger partial charge >= 0.3 is 6.09 Å². The van der Waals surface area contributed by atoms with E-state index >= 15 is 0 Å². The van der Waals surface area contributed by atoms with Crippen molar-refractivity contribution in [2.75, 3.05) is 19.7 Å². The van der Waals surface area contributed by atoms with Crippen LogP contribution in [0.1, 0.15) is 50.2 Å². The van der Waals surface area contributed by atoms with Crippen molar-refractivity contribution in [1.29, 1.82) is 0 Å². The summed E-state index contributed by atoms with van der Waals surface area (Å²) in [5.74, 6) is 0. The van der Waals surface area contributed by atoms with Crippen molar-refractivity contribution < 1.29 is 14.6 Å². The van der Waals surface area contributed by atoms with Gasteiger partial charge in [0.2, 0.25) is 0 Å². The van der Waals surface area contributed by atoms with Gasteiger partial charge in [-0.15, -0.1) is 0 Å². The van der Waals surface area contributed by atoms with E-state index in [0.717, 1.165) is 23.4 Å². The fraction of sp³-hybridized carbons (Fsp3) is 0.750. The molecule has 0 aromatic carbocycles. The van der Waals surface area contributed by atoms with E-state index in [-0.39, 0.29) is 18.7 Å². The molecule has 1 atom stereocenters. The molecule has 1 unspecified atom stereocenters. The van der Waals surface area contributed by atoms with E-state index in [9.17, 15) is 4.79 Å². The van der Waals surface area contributed by atoms with Crippen LogP contribution in [-0.2, 0) is 11.2 Å². The molecule has 1 fully saturated rings. The van der Waals surface area contributed by atoms with Crippen LogP contribution in [0.5, 0.6) is 0 Å². The minimum absolute atomic E-state index is 0.127. The lowest BCUT2D eigenvalue weighted by molar-refractivity contribution is 0.0288. The Morgan fingerprint density at radius 3 is 2.68 bits per heavy atom. The Labute approximate surface area is 132 Å². The van der Waals surface area contributed by atoms with Gasteiger partial charge in [-0.2, -0.15) is 5.10 Å². The average Bonchev–Trinajstić information content (AvgIpc) is 2.97. The number of aliphatic hydroxyl groups excluding tert-OH is 1. The molecule has 6 nitrogen and oxygen atoms in total. The minimum Gasteiger partial charge on any atom is -0.444 e. The fourth-order valence-corrected chi connectivity index (χ4v) is 2.96. The molecule has 0 radical (unpaired) electrons. The number of aliphatic hydroxyl groups is 1. The van der Waals surface area contributed by atoms with Crippen LogP contribution in [0, 0.1) is 13.8 Å². The predicted octanol–water partition coefficient (Wildman–Crippen LogP) is 2.22. The zero-order valence-electron chi connectivity index (χ0n) is 14.2. The first-order chi connectivity index (χ1) is 10.2. The summed E-state index contributed by atoms with van der Waals surface area (Å²) in [6.07, 6.45) is 1.24. The molecule has 1 aromatic rings. The molecule has 1 aliphatic rings. The van der Waals surface area contributed by atoms with Crippen LogP contribution >= 0.6 is 0 Å². The van der Waals surface area contributed by atoms with Gasteiger partial charge in [0.15, 0.2) is 0 Å². The first-order valence-corrected chi connectivity index (χ1v) is 7.86. The van der Waals surface area contributed by atoms with E-state index < -0.39 is 5.60 Å². The molecule has 1 saturated heterocycles. The third-order valence-corrected chi connectivity index (χ3v) is 4.00. The molecular formula is C16H27N3O3. The highest BCUT2D eigenvalue weighted by molar-refractivity contribution is 5.68. The van der Waals surface area contributed by atoms with Crippen LogP contribution < -0.4 is 0 Å². The maximum absolute atomic E-state index is 12.1. The average molecular weight is 309 g/mol. The number of carbonyl (C=O) groups is 1. The Morgan fingerprint density at radius 2 is 2.09 bits per heavy atom. The van der Waals surface area contributed by atoms with Gasteiger partial charge in [0.05, 0.1) is 11.7 Å². The van der Waals surface area contributed by atoms with Crippen molar-refractivity contribution >= 4 is 6.09 Å². The number of hydrogen-bond donors (Lipinski definition) is 1. The van der Waals surface area contributed by atoms with Crippen molar-refractivity contribution in [3.8, 4) is 0 Å². The van der Waals surface area contributed by atoms with E-state index in [1.54, 1.807) is 4.90 Å². The van der Waals surface area contributed by atoms with Gasteiger partial charge in [-0.1, -0.05) is 0 Å². The quantitative estimate of drug-likeness (QED) is 0.929. The lowest BCUT2D eigenvalue weighted by atomic mass is 10.1. The third-order valence-electron chi connectivity index (χ3n) is 4.00. The number of hydrogen-bond acceptors (Lipinski definition) is 4. The number of nitrogens with zero attached hydrogens (tertiary/aromatic N) is 3. The largest absolute Gasteiger partial charge is 0.444 e. The van der Waals surface area contributed by atoms with Crippen LogP contribution in [0.4, 0.5) is 4.79 Å². The van der Waals surface area contributed by atoms with Crippen molar-refractivity contribution in [2.45, 2.75) is 59.1 Å². The molecule has 1 amide bonds. The maximum Gasteiger partial charge on any atom is 0.410 e. The molecule has 1 aromatic heterocycles. The molecule has 1 aliphatic heterocycles. The monoisotopic (exact) mass is 309 g/mol. The van der Waals surface area contributed by atoms with Crippen molar-refractivity contribution in [1.82, 2.24) is 14.7 Å². The fourth-order valence-electron chi connectivity index (χ4n) is 2.96. The Morgan fingerprint density at radius 1 is 1.41 bits per heavy atom. The van der Waals surface area contributed by atoms with Gasteiger partial charge in [0.25, 0.3) is 0 Å². The van der Waals surface area contributed by atoms with Crippen LogP contribution in [-0.4, -0.2) is 51.2 Å². The van der Waals surface area contributed by atoms with Gasteiger partial charge in [0.1, 0.15) is 5.60 Å². The summed E-state index contributed by atoms with van der Waals surface area (Å²) < 4.78 is 7.43. The van der Waals surface area contributed by atoms with E-state index in [1.165, 1.54) is 0 Å². The molecule has 2 heterocycles. The summed E-state index contributed by atoms with van der Waals surface area (Å²) in [5.41, 5.74) is 2.69. The smallest absolute Gasteiger partial charge is 0.410 e. The van der Waals surface area contributed by atoms with Gasteiger partial charge in [0, 0.05) is 25.4 Å².